The van der Waals surface area contributed by atoms with Crippen LogP contribution in [0.25, 0.3) is 0 Å². The van der Waals surface area contributed by atoms with Crippen LogP contribution in [0.4, 0.5) is 0 Å². The highest BCUT2D eigenvalue weighted by atomic mass is 35.5. The van der Waals surface area contributed by atoms with Gasteiger partial charge in [-0.1, -0.05) is 23.7 Å². The fraction of sp³-hybridized carbons (Fsp3) is 0.647. The molecule has 4 heteroatoms. The summed E-state index contributed by atoms with van der Waals surface area (Å²) >= 11 is 5.96. The van der Waals surface area contributed by atoms with E-state index >= 15 is 0 Å². The van der Waals surface area contributed by atoms with Crippen LogP contribution in [-0.2, 0) is 11.3 Å². The van der Waals surface area contributed by atoms with Gasteiger partial charge in [0.25, 0.3) is 0 Å². The van der Waals surface area contributed by atoms with Gasteiger partial charge in [0, 0.05) is 18.1 Å². The van der Waals surface area contributed by atoms with Crippen LogP contribution in [0.2, 0.25) is 5.02 Å². The van der Waals surface area contributed by atoms with Gasteiger partial charge in [-0.15, -0.1) is 0 Å². The van der Waals surface area contributed by atoms with E-state index in [0.29, 0.717) is 6.54 Å². The normalized spacial score (nSPS) is 27.2. The predicted octanol–water partition coefficient (Wildman–Crippen LogP) is 3.45. The summed E-state index contributed by atoms with van der Waals surface area (Å²) in [5.41, 5.74) is 6.82. The number of benzene rings is 1. The molecule has 1 saturated heterocycles. The summed E-state index contributed by atoms with van der Waals surface area (Å²) in [5, 5.41) is 0.764. The molecule has 1 unspecified atom stereocenters. The highest BCUT2D eigenvalue weighted by Gasteiger charge is 2.58. The Morgan fingerprint density at radius 3 is 2.19 bits per heavy atom. The van der Waals surface area contributed by atoms with Crippen molar-refractivity contribution in [1.82, 2.24) is 4.90 Å². The predicted molar refractivity (Wildman–Crippen MR) is 88.6 cm³/mol. The third-order valence-corrected chi connectivity index (χ3v) is 5.02. The Kier molecular flexibility index (Phi) is 4.42. The topological polar surface area (TPSA) is 38.5 Å². The Bertz CT molecular complexity index is 498. The lowest BCUT2D eigenvalue weighted by Crippen LogP contribution is -2.61. The van der Waals surface area contributed by atoms with E-state index in [-0.39, 0.29) is 16.7 Å². The molecule has 1 heterocycles. The van der Waals surface area contributed by atoms with E-state index < -0.39 is 0 Å². The molecule has 0 aromatic heterocycles. The maximum absolute atomic E-state index is 6.28. The standard InChI is InChI=1S/C17H27ClN2O/c1-15(2)11-17(12-19,16(3,4)21-15)20(5)10-13-6-8-14(18)9-7-13/h6-9H,10-12,19H2,1-5H3. The maximum Gasteiger partial charge on any atom is 0.0830 e. The highest BCUT2D eigenvalue weighted by Crippen LogP contribution is 2.47. The largest absolute Gasteiger partial charge is 0.368 e. The summed E-state index contributed by atoms with van der Waals surface area (Å²) in [5.74, 6) is 0. The molecule has 3 nitrogen and oxygen atoms in total. The van der Waals surface area contributed by atoms with Crippen LogP contribution in [0.5, 0.6) is 0 Å². The Hall–Kier alpha value is -0.610. The summed E-state index contributed by atoms with van der Waals surface area (Å²) in [4.78, 5) is 2.34. The molecule has 2 rings (SSSR count). The van der Waals surface area contributed by atoms with Gasteiger partial charge in [-0.25, -0.2) is 0 Å². The summed E-state index contributed by atoms with van der Waals surface area (Å²) in [6.45, 7) is 9.98. The molecule has 0 radical (unpaired) electrons. The van der Waals surface area contributed by atoms with E-state index in [0.717, 1.165) is 18.0 Å². The first kappa shape index (κ1) is 16.8. The number of rotatable bonds is 4. The molecule has 2 N–H and O–H groups in total. The molecule has 118 valence electrons. The molecular weight excluding hydrogens is 284 g/mol. The smallest absolute Gasteiger partial charge is 0.0830 e. The van der Waals surface area contributed by atoms with Crippen molar-refractivity contribution in [3.8, 4) is 0 Å². The summed E-state index contributed by atoms with van der Waals surface area (Å²) in [6, 6.07) is 7.99. The number of ether oxygens (including phenoxy) is 1. The third-order valence-electron chi connectivity index (χ3n) is 4.77. The van der Waals surface area contributed by atoms with E-state index in [1.165, 1.54) is 5.56 Å². The van der Waals surface area contributed by atoms with Crippen molar-refractivity contribution >= 4 is 11.6 Å². The number of halogens is 1. The second-order valence-electron chi connectivity index (χ2n) is 7.27. The van der Waals surface area contributed by atoms with Gasteiger partial charge < -0.3 is 10.5 Å². The van der Waals surface area contributed by atoms with Crippen molar-refractivity contribution in [1.29, 1.82) is 0 Å². The number of likely N-dealkylation sites (N-methyl/N-ethyl adjacent to an activating group) is 1. The molecule has 0 bridgehead atoms. The van der Waals surface area contributed by atoms with Crippen LogP contribution in [-0.4, -0.2) is 35.2 Å². The monoisotopic (exact) mass is 310 g/mol. The van der Waals surface area contributed by atoms with Gasteiger partial charge >= 0.3 is 0 Å². The number of hydrogen-bond donors (Lipinski definition) is 1. The van der Waals surface area contributed by atoms with Crippen molar-refractivity contribution in [2.24, 2.45) is 5.73 Å². The van der Waals surface area contributed by atoms with Gasteiger partial charge in [-0.2, -0.15) is 0 Å². The lowest BCUT2D eigenvalue weighted by Gasteiger charge is -2.46. The first-order valence-corrected chi connectivity index (χ1v) is 7.86. The summed E-state index contributed by atoms with van der Waals surface area (Å²) in [6.07, 6.45) is 0.924. The van der Waals surface area contributed by atoms with Crippen molar-refractivity contribution in [2.75, 3.05) is 13.6 Å². The van der Waals surface area contributed by atoms with Crippen LogP contribution < -0.4 is 5.73 Å². The molecule has 1 aromatic rings. The molecule has 1 aliphatic heterocycles. The maximum atomic E-state index is 6.28. The molecule has 0 spiro atoms. The SMILES string of the molecule is CN(Cc1ccc(Cl)cc1)C1(CN)CC(C)(C)OC1(C)C. The van der Waals surface area contributed by atoms with E-state index in [4.69, 9.17) is 22.1 Å². The molecular formula is C17H27ClN2O. The third kappa shape index (κ3) is 3.11. The molecule has 1 aliphatic rings. The summed E-state index contributed by atoms with van der Waals surface area (Å²) < 4.78 is 6.28. The quantitative estimate of drug-likeness (QED) is 0.925. The van der Waals surface area contributed by atoms with Gasteiger partial charge in [0.15, 0.2) is 0 Å². The van der Waals surface area contributed by atoms with Crippen LogP contribution >= 0.6 is 11.6 Å². The van der Waals surface area contributed by atoms with Crippen molar-refractivity contribution in [3.05, 3.63) is 34.9 Å². The Labute approximate surface area is 133 Å². The van der Waals surface area contributed by atoms with Gasteiger partial charge in [-0.3, -0.25) is 4.90 Å². The zero-order valence-electron chi connectivity index (χ0n) is 13.7. The summed E-state index contributed by atoms with van der Waals surface area (Å²) in [7, 11) is 2.13. The fourth-order valence-corrected chi connectivity index (χ4v) is 3.95. The van der Waals surface area contributed by atoms with E-state index in [1.807, 2.05) is 12.1 Å². The first-order valence-electron chi connectivity index (χ1n) is 7.48. The number of nitrogens with two attached hydrogens (primary N) is 1. The molecule has 1 fully saturated rings. The molecule has 0 amide bonds. The van der Waals surface area contributed by atoms with Gasteiger partial charge in [0.05, 0.1) is 16.7 Å². The minimum absolute atomic E-state index is 0.156. The van der Waals surface area contributed by atoms with E-state index in [1.54, 1.807) is 0 Å². The van der Waals surface area contributed by atoms with Gasteiger partial charge in [0.1, 0.15) is 0 Å². The van der Waals surface area contributed by atoms with Gasteiger partial charge in [-0.05, 0) is 58.9 Å². The minimum Gasteiger partial charge on any atom is -0.368 e. The molecule has 21 heavy (non-hydrogen) atoms. The van der Waals surface area contributed by atoms with Crippen molar-refractivity contribution in [2.45, 2.75) is 57.4 Å². The zero-order valence-corrected chi connectivity index (χ0v) is 14.5. The molecule has 0 saturated carbocycles. The average molecular weight is 311 g/mol. The lowest BCUT2D eigenvalue weighted by atomic mass is 9.77. The zero-order chi connectivity index (χ0) is 15.9. The molecule has 0 aliphatic carbocycles. The van der Waals surface area contributed by atoms with Gasteiger partial charge in [0.2, 0.25) is 0 Å². The Morgan fingerprint density at radius 1 is 1.19 bits per heavy atom. The van der Waals surface area contributed by atoms with E-state index in [2.05, 4.69) is 51.8 Å². The molecule has 1 atom stereocenters. The van der Waals surface area contributed by atoms with Crippen molar-refractivity contribution in [3.63, 3.8) is 0 Å². The fourth-order valence-electron chi connectivity index (χ4n) is 3.82. The Morgan fingerprint density at radius 2 is 1.76 bits per heavy atom. The Balaban J connectivity index is 2.26. The molecule has 1 aromatic carbocycles. The first-order chi connectivity index (χ1) is 9.62. The van der Waals surface area contributed by atoms with Crippen LogP contribution in [0.3, 0.4) is 0 Å². The highest BCUT2D eigenvalue weighted by molar-refractivity contribution is 6.30. The van der Waals surface area contributed by atoms with Crippen LogP contribution in [0.1, 0.15) is 39.7 Å². The number of hydrogen-bond acceptors (Lipinski definition) is 3. The van der Waals surface area contributed by atoms with Crippen LogP contribution in [0.15, 0.2) is 24.3 Å². The lowest BCUT2D eigenvalue weighted by molar-refractivity contribution is -0.101. The van der Waals surface area contributed by atoms with Crippen LogP contribution in [0, 0.1) is 0 Å². The minimum atomic E-state index is -0.285. The average Bonchev–Trinajstić information content (AvgIpc) is 2.57. The second-order valence-corrected chi connectivity index (χ2v) is 7.70. The number of nitrogens with zero attached hydrogens (tertiary/aromatic N) is 1. The van der Waals surface area contributed by atoms with E-state index in [9.17, 15) is 0 Å². The van der Waals surface area contributed by atoms with Crippen molar-refractivity contribution < 1.29 is 4.74 Å². The second kappa shape index (κ2) is 5.54.